The number of aromatic nitrogens is 3. The van der Waals surface area contributed by atoms with Gasteiger partial charge in [0.1, 0.15) is 11.6 Å². The second-order valence-corrected chi connectivity index (χ2v) is 13.6. The molecule has 4 aliphatic heterocycles. The van der Waals surface area contributed by atoms with Crippen molar-refractivity contribution in [1.82, 2.24) is 25.4 Å². The molecule has 4 N–H and O–H groups in total. The molecule has 0 bridgehead atoms. The van der Waals surface area contributed by atoms with E-state index in [4.69, 9.17) is 5.73 Å². The van der Waals surface area contributed by atoms with Gasteiger partial charge in [0.2, 0.25) is 11.9 Å². The molecule has 51 heavy (non-hydrogen) atoms. The zero-order valence-corrected chi connectivity index (χ0v) is 28.5. The third-order valence-corrected chi connectivity index (χ3v) is 10.2. The zero-order valence-electron chi connectivity index (χ0n) is 28.5. The molecule has 3 aromatic rings. The van der Waals surface area contributed by atoms with Gasteiger partial charge in [0, 0.05) is 83.2 Å². The SMILES string of the molecule is NC(=O)c1nnc(N2CCCCC2)nc1Nc1ccc(N2CCN(CC3CCN(c4ccc(N5CCC(=O)NC5=O)cc4F)CC3)CC2)c(F)c1. The highest BCUT2D eigenvalue weighted by molar-refractivity contribution is 6.05. The maximum atomic E-state index is 15.5. The molecule has 4 amide bonds. The zero-order chi connectivity index (χ0) is 35.5. The van der Waals surface area contributed by atoms with Crippen LogP contribution >= 0.6 is 0 Å². The first-order chi connectivity index (χ1) is 24.7. The number of carbonyl (C=O) groups is 3. The van der Waals surface area contributed by atoms with E-state index in [2.05, 4.69) is 35.6 Å². The fraction of sp³-hybridized carbons (Fsp3) is 0.486. The quantitative estimate of drug-likeness (QED) is 0.300. The number of hydrogen-bond donors (Lipinski definition) is 3. The van der Waals surface area contributed by atoms with Crippen LogP contribution in [0, 0.1) is 17.6 Å². The summed E-state index contributed by atoms with van der Waals surface area (Å²) >= 11 is 0. The van der Waals surface area contributed by atoms with Crippen LogP contribution in [0.1, 0.15) is 49.0 Å². The van der Waals surface area contributed by atoms with Gasteiger partial charge in [-0.15, -0.1) is 10.2 Å². The Morgan fingerprint density at radius 1 is 0.824 bits per heavy atom. The van der Waals surface area contributed by atoms with E-state index in [-0.39, 0.29) is 42.0 Å². The summed E-state index contributed by atoms with van der Waals surface area (Å²) in [6.45, 7) is 7.22. The minimum absolute atomic E-state index is 0.103. The fourth-order valence-corrected chi connectivity index (χ4v) is 7.40. The maximum Gasteiger partial charge on any atom is 0.328 e. The number of nitrogens with one attached hydrogen (secondary N) is 2. The number of nitrogens with two attached hydrogens (primary N) is 1. The molecule has 0 spiro atoms. The lowest BCUT2D eigenvalue weighted by molar-refractivity contribution is -0.120. The average molecular weight is 704 g/mol. The lowest BCUT2D eigenvalue weighted by Crippen LogP contribution is -2.49. The van der Waals surface area contributed by atoms with E-state index in [1.54, 1.807) is 24.3 Å². The van der Waals surface area contributed by atoms with Gasteiger partial charge < -0.3 is 25.8 Å². The number of amides is 4. The Hall–Kier alpha value is -5.12. The molecule has 0 atom stereocenters. The lowest BCUT2D eigenvalue weighted by Gasteiger charge is -2.40. The van der Waals surface area contributed by atoms with Crippen LogP contribution in [-0.2, 0) is 4.79 Å². The van der Waals surface area contributed by atoms with E-state index in [1.807, 2.05) is 9.80 Å². The largest absolute Gasteiger partial charge is 0.369 e. The van der Waals surface area contributed by atoms with Crippen molar-refractivity contribution in [1.29, 1.82) is 0 Å². The number of anilines is 6. The van der Waals surface area contributed by atoms with Crippen LogP contribution in [0.2, 0.25) is 0 Å². The van der Waals surface area contributed by atoms with E-state index in [0.29, 0.717) is 47.7 Å². The highest BCUT2D eigenvalue weighted by Gasteiger charge is 2.28. The highest BCUT2D eigenvalue weighted by atomic mass is 19.1. The number of urea groups is 1. The Morgan fingerprint density at radius 3 is 2.18 bits per heavy atom. The third kappa shape index (κ3) is 7.80. The first-order valence-electron chi connectivity index (χ1n) is 17.7. The smallest absolute Gasteiger partial charge is 0.328 e. The van der Waals surface area contributed by atoms with Gasteiger partial charge >= 0.3 is 6.03 Å². The number of piperazine rings is 1. The van der Waals surface area contributed by atoms with Crippen LogP contribution in [0.5, 0.6) is 0 Å². The molecule has 16 heteroatoms. The summed E-state index contributed by atoms with van der Waals surface area (Å²) in [5, 5.41) is 13.4. The number of hydrogen-bond acceptors (Lipinski definition) is 11. The van der Waals surface area contributed by atoms with Crippen molar-refractivity contribution in [3.05, 3.63) is 53.7 Å². The van der Waals surface area contributed by atoms with E-state index in [1.165, 1.54) is 17.0 Å². The number of halogens is 2. The predicted molar refractivity (Wildman–Crippen MR) is 190 cm³/mol. The standard InChI is InChI=1S/C35H43F2N11O3/c36-26-20-24(39-33-31(32(38)50)42-43-34(41-33)47-11-2-1-3-12-47)4-6-28(26)46-18-16-44(17-19-46)22-23-8-13-45(14-9-23)29-7-5-25(21-27(29)37)48-15-10-30(49)40-35(48)51/h4-7,20-21,23H,1-3,8-19,22H2,(H2,38,50)(H,39,41,43)(H,40,49,51). The summed E-state index contributed by atoms with van der Waals surface area (Å²) in [6.07, 6.45) is 5.24. The number of nitrogens with zero attached hydrogens (tertiary/aromatic N) is 8. The number of primary amides is 1. The summed E-state index contributed by atoms with van der Waals surface area (Å²) in [5.41, 5.74) is 7.32. The Morgan fingerprint density at radius 2 is 1.51 bits per heavy atom. The Balaban J connectivity index is 0.898. The summed E-state index contributed by atoms with van der Waals surface area (Å²) in [7, 11) is 0. The second kappa shape index (κ2) is 15.0. The van der Waals surface area contributed by atoms with Crippen molar-refractivity contribution < 1.29 is 23.2 Å². The Bertz CT molecular complexity index is 1770. The molecule has 0 aliphatic carbocycles. The van der Waals surface area contributed by atoms with Gasteiger partial charge in [-0.2, -0.15) is 4.98 Å². The van der Waals surface area contributed by atoms with Crippen LogP contribution in [0.25, 0.3) is 0 Å². The topological polar surface area (TPSA) is 156 Å². The molecule has 4 fully saturated rings. The van der Waals surface area contributed by atoms with E-state index >= 15 is 8.78 Å². The lowest BCUT2D eigenvalue weighted by atomic mass is 9.95. The van der Waals surface area contributed by atoms with E-state index in [9.17, 15) is 14.4 Å². The molecule has 270 valence electrons. The minimum Gasteiger partial charge on any atom is -0.369 e. The number of carbonyl (C=O) groups excluding carboxylic acids is 3. The van der Waals surface area contributed by atoms with Crippen molar-refractivity contribution in [3.8, 4) is 0 Å². The van der Waals surface area contributed by atoms with E-state index in [0.717, 1.165) is 77.9 Å². The minimum atomic E-state index is -0.769. The molecule has 0 unspecified atom stereocenters. The average Bonchev–Trinajstić information content (AvgIpc) is 3.13. The van der Waals surface area contributed by atoms with Crippen LogP contribution in [0.3, 0.4) is 0 Å². The molecule has 4 aliphatic rings. The van der Waals surface area contributed by atoms with Gasteiger partial charge in [0.05, 0.1) is 11.4 Å². The van der Waals surface area contributed by atoms with Gasteiger partial charge in [-0.3, -0.25) is 24.7 Å². The molecule has 4 saturated heterocycles. The van der Waals surface area contributed by atoms with Gasteiger partial charge in [-0.05, 0) is 74.4 Å². The van der Waals surface area contributed by atoms with Crippen molar-refractivity contribution in [3.63, 3.8) is 0 Å². The van der Waals surface area contributed by atoms with E-state index < -0.39 is 11.9 Å². The van der Waals surface area contributed by atoms with Gasteiger partial charge in [-0.1, -0.05) is 0 Å². The van der Waals surface area contributed by atoms with Crippen LogP contribution in [-0.4, -0.2) is 103 Å². The molecule has 14 nitrogen and oxygen atoms in total. The van der Waals surface area contributed by atoms with Crippen molar-refractivity contribution in [2.45, 2.75) is 38.5 Å². The fourth-order valence-electron chi connectivity index (χ4n) is 7.40. The first kappa shape index (κ1) is 34.3. The number of imide groups is 1. The summed E-state index contributed by atoms with van der Waals surface area (Å²) in [6, 6.07) is 9.17. The van der Waals surface area contributed by atoms with Gasteiger partial charge in [0.25, 0.3) is 5.91 Å². The normalized spacial score (nSPS) is 19.3. The van der Waals surface area contributed by atoms with Crippen LogP contribution in [0.15, 0.2) is 36.4 Å². The van der Waals surface area contributed by atoms with Crippen molar-refractivity contribution >= 4 is 52.4 Å². The summed E-state index contributed by atoms with van der Waals surface area (Å²) in [5.74, 6) is -0.823. The molecule has 2 aromatic carbocycles. The molecular formula is C35H43F2N11O3. The summed E-state index contributed by atoms with van der Waals surface area (Å²) in [4.78, 5) is 50.1. The van der Waals surface area contributed by atoms with Crippen molar-refractivity contribution in [2.24, 2.45) is 11.7 Å². The molecular weight excluding hydrogens is 660 g/mol. The highest BCUT2D eigenvalue weighted by Crippen LogP contribution is 2.31. The van der Waals surface area contributed by atoms with Crippen LogP contribution in [0.4, 0.5) is 48.1 Å². The van der Waals surface area contributed by atoms with Gasteiger partial charge in [-0.25, -0.2) is 13.6 Å². The molecule has 0 saturated carbocycles. The Labute approximate surface area is 295 Å². The predicted octanol–water partition coefficient (Wildman–Crippen LogP) is 3.47. The maximum absolute atomic E-state index is 15.5. The summed E-state index contributed by atoms with van der Waals surface area (Å²) < 4.78 is 30.7. The molecule has 5 heterocycles. The van der Waals surface area contributed by atoms with Crippen LogP contribution < -0.4 is 36.0 Å². The number of benzene rings is 2. The second-order valence-electron chi connectivity index (χ2n) is 13.6. The Kier molecular flexibility index (Phi) is 10.1. The van der Waals surface area contributed by atoms with Gasteiger partial charge in [0.15, 0.2) is 11.5 Å². The number of piperidine rings is 2. The monoisotopic (exact) mass is 703 g/mol. The molecule has 7 rings (SSSR count). The number of rotatable bonds is 9. The molecule has 1 aromatic heterocycles. The molecule has 0 radical (unpaired) electrons. The first-order valence-corrected chi connectivity index (χ1v) is 17.7. The third-order valence-electron chi connectivity index (χ3n) is 10.2. The van der Waals surface area contributed by atoms with Crippen molar-refractivity contribution in [2.75, 3.05) is 90.4 Å².